The molecule has 1 aromatic heterocycles. The van der Waals surface area contributed by atoms with Crippen molar-refractivity contribution >= 4 is 0 Å². The molecule has 1 unspecified atom stereocenters. The van der Waals surface area contributed by atoms with Crippen molar-refractivity contribution in [3.8, 4) is 0 Å². The number of rotatable bonds is 3. The topological polar surface area (TPSA) is 17.0 Å². The third-order valence-electron chi connectivity index (χ3n) is 1.90. The molecule has 4 heteroatoms. The average molecular weight is 174 g/mol. The summed E-state index contributed by atoms with van der Waals surface area (Å²) in [5.74, 6) is 0. The second-order valence-corrected chi connectivity index (χ2v) is 2.63. The summed E-state index contributed by atoms with van der Waals surface area (Å²) >= 11 is 0. The van der Waals surface area contributed by atoms with Gasteiger partial charge in [0.15, 0.2) is 0 Å². The number of hydrogen-bond donors (Lipinski definition) is 1. The minimum Gasteiger partial charge on any atom is -0.312 e. The fourth-order valence-corrected chi connectivity index (χ4v) is 1.10. The Kier molecular flexibility index (Phi) is 2.81. The van der Waals surface area contributed by atoms with Crippen molar-refractivity contribution in [3.63, 3.8) is 0 Å². The van der Waals surface area contributed by atoms with Crippen molar-refractivity contribution in [1.29, 1.82) is 0 Å². The summed E-state index contributed by atoms with van der Waals surface area (Å²) in [4.78, 5) is 0. The molecule has 0 saturated carbocycles. The molecule has 0 aliphatic carbocycles. The maximum absolute atomic E-state index is 12.3. The summed E-state index contributed by atoms with van der Waals surface area (Å²) < 4.78 is 25.5. The highest BCUT2D eigenvalue weighted by Crippen LogP contribution is 2.19. The van der Waals surface area contributed by atoms with Gasteiger partial charge in [-0.05, 0) is 26.1 Å². The molecule has 1 atom stereocenters. The lowest BCUT2D eigenvalue weighted by atomic mass is 10.2. The van der Waals surface area contributed by atoms with Crippen molar-refractivity contribution in [2.45, 2.75) is 19.5 Å². The lowest BCUT2D eigenvalue weighted by Crippen LogP contribution is -2.16. The van der Waals surface area contributed by atoms with Gasteiger partial charge in [-0.15, -0.1) is 0 Å². The normalized spacial score (nSPS) is 13.8. The minimum absolute atomic E-state index is 0.0472. The van der Waals surface area contributed by atoms with Crippen LogP contribution in [0.4, 0.5) is 8.78 Å². The standard InChI is InChI=1S/C8H12F2N2/c1-6(11-2)7-4-3-5-12(7)8(9)10/h3-6,8,11H,1-2H3. The molecule has 0 spiro atoms. The lowest BCUT2D eigenvalue weighted by molar-refractivity contribution is 0.0663. The van der Waals surface area contributed by atoms with E-state index in [0.29, 0.717) is 5.69 Å². The zero-order valence-corrected chi connectivity index (χ0v) is 7.09. The monoisotopic (exact) mass is 174 g/mol. The lowest BCUT2D eigenvalue weighted by Gasteiger charge is -2.13. The van der Waals surface area contributed by atoms with Crippen LogP contribution in [0.2, 0.25) is 0 Å². The first-order valence-corrected chi connectivity index (χ1v) is 3.79. The van der Waals surface area contributed by atoms with Crippen LogP contribution in [0.25, 0.3) is 0 Å². The first-order valence-electron chi connectivity index (χ1n) is 3.79. The molecule has 0 aliphatic heterocycles. The molecule has 2 nitrogen and oxygen atoms in total. The molecular formula is C8H12F2N2. The molecule has 1 rings (SSSR count). The largest absolute Gasteiger partial charge is 0.318 e. The van der Waals surface area contributed by atoms with Crippen LogP contribution in [0, 0.1) is 0 Å². The maximum Gasteiger partial charge on any atom is 0.318 e. The molecule has 0 fully saturated rings. The van der Waals surface area contributed by atoms with Crippen molar-refractivity contribution in [2.75, 3.05) is 7.05 Å². The summed E-state index contributed by atoms with van der Waals surface area (Å²) in [6.45, 7) is -0.611. The highest BCUT2D eigenvalue weighted by molar-refractivity contribution is 5.11. The Bertz CT molecular complexity index is 245. The highest BCUT2D eigenvalue weighted by Gasteiger charge is 2.13. The molecule has 0 radical (unpaired) electrons. The molecule has 1 aromatic rings. The van der Waals surface area contributed by atoms with E-state index in [1.807, 2.05) is 6.92 Å². The molecule has 0 aliphatic rings. The fraction of sp³-hybridized carbons (Fsp3) is 0.500. The number of aromatic nitrogens is 1. The average Bonchev–Trinajstić information content (AvgIpc) is 2.50. The van der Waals surface area contributed by atoms with E-state index in [1.54, 1.807) is 19.2 Å². The second kappa shape index (κ2) is 3.67. The van der Waals surface area contributed by atoms with Gasteiger partial charge in [0.2, 0.25) is 0 Å². The van der Waals surface area contributed by atoms with Gasteiger partial charge in [0.1, 0.15) is 0 Å². The van der Waals surface area contributed by atoms with Crippen molar-refractivity contribution in [2.24, 2.45) is 0 Å². The van der Waals surface area contributed by atoms with E-state index in [9.17, 15) is 8.78 Å². The van der Waals surface area contributed by atoms with Gasteiger partial charge in [-0.1, -0.05) is 0 Å². The molecule has 0 aromatic carbocycles. The smallest absolute Gasteiger partial charge is 0.312 e. The predicted octanol–water partition coefficient (Wildman–Crippen LogP) is 2.16. The highest BCUT2D eigenvalue weighted by atomic mass is 19.3. The molecule has 0 amide bonds. The van der Waals surface area contributed by atoms with Crippen molar-refractivity contribution in [1.82, 2.24) is 9.88 Å². The van der Waals surface area contributed by atoms with Crippen LogP contribution in [0.5, 0.6) is 0 Å². The van der Waals surface area contributed by atoms with E-state index in [-0.39, 0.29) is 6.04 Å². The number of hydrogen-bond acceptors (Lipinski definition) is 1. The van der Waals surface area contributed by atoms with Crippen molar-refractivity contribution < 1.29 is 8.78 Å². The quantitative estimate of drug-likeness (QED) is 0.743. The number of alkyl halides is 2. The van der Waals surface area contributed by atoms with Crippen LogP contribution in [0.15, 0.2) is 18.3 Å². The number of halogens is 2. The maximum atomic E-state index is 12.3. The predicted molar refractivity (Wildman–Crippen MR) is 43.2 cm³/mol. The van der Waals surface area contributed by atoms with Gasteiger partial charge in [0.25, 0.3) is 0 Å². The van der Waals surface area contributed by atoms with Crippen LogP contribution in [0.3, 0.4) is 0 Å². The zero-order valence-electron chi connectivity index (χ0n) is 7.09. The van der Waals surface area contributed by atoms with E-state index < -0.39 is 6.55 Å². The zero-order chi connectivity index (χ0) is 9.14. The summed E-state index contributed by atoms with van der Waals surface area (Å²) in [6, 6.07) is 3.26. The third-order valence-corrected chi connectivity index (χ3v) is 1.90. The van der Waals surface area contributed by atoms with Crippen molar-refractivity contribution in [3.05, 3.63) is 24.0 Å². The summed E-state index contributed by atoms with van der Waals surface area (Å²) in [5, 5.41) is 2.91. The van der Waals surface area contributed by atoms with E-state index in [1.165, 1.54) is 6.20 Å². The first kappa shape index (κ1) is 9.19. The van der Waals surface area contributed by atoms with E-state index >= 15 is 0 Å². The molecule has 12 heavy (non-hydrogen) atoms. The molecule has 0 bridgehead atoms. The summed E-state index contributed by atoms with van der Waals surface area (Å²) in [6.07, 6.45) is 1.38. The number of nitrogens with zero attached hydrogens (tertiary/aromatic N) is 1. The van der Waals surface area contributed by atoms with Gasteiger partial charge in [-0.2, -0.15) is 8.78 Å². The van der Waals surface area contributed by atoms with E-state index in [0.717, 1.165) is 4.57 Å². The Hall–Kier alpha value is -0.900. The van der Waals surface area contributed by atoms with Gasteiger partial charge in [0, 0.05) is 17.9 Å². The number of nitrogens with one attached hydrogen (secondary N) is 1. The fourth-order valence-electron chi connectivity index (χ4n) is 1.10. The van der Waals surface area contributed by atoms with Gasteiger partial charge < -0.3 is 5.32 Å². The SMILES string of the molecule is CNC(C)c1cccn1C(F)F. The van der Waals surface area contributed by atoms with E-state index in [4.69, 9.17) is 0 Å². The summed E-state index contributed by atoms with van der Waals surface area (Å²) in [7, 11) is 1.74. The van der Waals surface area contributed by atoms with Gasteiger partial charge in [0.05, 0.1) is 0 Å². The van der Waals surface area contributed by atoms with Gasteiger partial charge >= 0.3 is 6.55 Å². The third kappa shape index (κ3) is 1.64. The van der Waals surface area contributed by atoms with Gasteiger partial charge in [-0.3, -0.25) is 4.57 Å². The van der Waals surface area contributed by atoms with E-state index in [2.05, 4.69) is 5.32 Å². The Labute approximate surface area is 70.2 Å². The van der Waals surface area contributed by atoms with Crippen LogP contribution >= 0.6 is 0 Å². The minimum atomic E-state index is -2.45. The Morgan fingerprint density at radius 3 is 2.67 bits per heavy atom. The molecule has 1 heterocycles. The molecule has 68 valence electrons. The summed E-state index contributed by atoms with van der Waals surface area (Å²) in [5.41, 5.74) is 0.604. The van der Waals surface area contributed by atoms with Gasteiger partial charge in [-0.25, -0.2) is 0 Å². The molecule has 1 N–H and O–H groups in total. The van der Waals surface area contributed by atoms with Crippen LogP contribution in [-0.4, -0.2) is 11.6 Å². The Morgan fingerprint density at radius 2 is 2.17 bits per heavy atom. The molecular weight excluding hydrogens is 162 g/mol. The Balaban J connectivity index is 2.91. The molecule has 0 saturated heterocycles. The van der Waals surface area contributed by atoms with Crippen LogP contribution < -0.4 is 5.32 Å². The van der Waals surface area contributed by atoms with Crippen LogP contribution in [0.1, 0.15) is 25.2 Å². The first-order chi connectivity index (χ1) is 5.66. The van der Waals surface area contributed by atoms with Crippen LogP contribution in [-0.2, 0) is 0 Å². The second-order valence-electron chi connectivity index (χ2n) is 2.63. The Morgan fingerprint density at radius 1 is 1.50 bits per heavy atom.